The van der Waals surface area contributed by atoms with Gasteiger partial charge in [-0.1, -0.05) is 41.9 Å². The summed E-state index contributed by atoms with van der Waals surface area (Å²) in [4.78, 5) is 8.59. The largest absolute Gasteiger partial charge is 0.261 e. The van der Waals surface area contributed by atoms with Gasteiger partial charge in [-0.05, 0) is 0 Å². The molecule has 0 saturated carbocycles. The first-order valence-electron chi connectivity index (χ1n) is 4.76. The van der Waals surface area contributed by atoms with Gasteiger partial charge in [0.2, 0.25) is 0 Å². The van der Waals surface area contributed by atoms with Gasteiger partial charge < -0.3 is 0 Å². The number of hydrogen-bond donors (Lipinski definition) is 1. The fourth-order valence-corrected chi connectivity index (χ4v) is 1.73. The standard InChI is InChI=1S/C11H7ClN4/c12-9-8-6-13-16-11(8)15-10(14-9)7-4-2-1-3-5-7/h1-6H,(H,13,14,15,16). The number of nitrogens with zero attached hydrogens (tertiary/aromatic N) is 3. The van der Waals surface area contributed by atoms with E-state index in [2.05, 4.69) is 20.2 Å². The molecule has 1 N–H and O–H groups in total. The summed E-state index contributed by atoms with van der Waals surface area (Å²) in [5, 5.41) is 7.82. The first-order valence-corrected chi connectivity index (χ1v) is 5.14. The van der Waals surface area contributed by atoms with Crippen molar-refractivity contribution in [1.82, 2.24) is 20.2 Å². The summed E-state index contributed by atoms with van der Waals surface area (Å²) >= 11 is 6.04. The smallest absolute Gasteiger partial charge is 0.163 e. The highest BCUT2D eigenvalue weighted by atomic mass is 35.5. The molecule has 0 fully saturated rings. The summed E-state index contributed by atoms with van der Waals surface area (Å²) in [7, 11) is 0. The van der Waals surface area contributed by atoms with Crippen molar-refractivity contribution in [2.24, 2.45) is 0 Å². The molecule has 2 aromatic heterocycles. The number of benzene rings is 1. The fraction of sp³-hybridized carbons (Fsp3) is 0. The van der Waals surface area contributed by atoms with Crippen LogP contribution in [0.15, 0.2) is 36.5 Å². The highest BCUT2D eigenvalue weighted by molar-refractivity contribution is 6.34. The summed E-state index contributed by atoms with van der Waals surface area (Å²) in [5.41, 5.74) is 1.58. The van der Waals surface area contributed by atoms with Gasteiger partial charge >= 0.3 is 0 Å². The van der Waals surface area contributed by atoms with E-state index in [0.29, 0.717) is 16.6 Å². The second kappa shape index (κ2) is 3.57. The molecule has 16 heavy (non-hydrogen) atoms. The Kier molecular flexibility index (Phi) is 2.08. The van der Waals surface area contributed by atoms with Crippen LogP contribution in [0.2, 0.25) is 5.15 Å². The number of aromatic amines is 1. The maximum atomic E-state index is 6.04. The zero-order chi connectivity index (χ0) is 11.0. The van der Waals surface area contributed by atoms with Crippen LogP contribution in [0.25, 0.3) is 22.4 Å². The Labute approximate surface area is 96.3 Å². The molecule has 4 nitrogen and oxygen atoms in total. The van der Waals surface area contributed by atoms with Crippen LogP contribution in [0.1, 0.15) is 0 Å². The average Bonchev–Trinajstić information content (AvgIpc) is 2.79. The summed E-state index contributed by atoms with van der Waals surface area (Å²) in [6.07, 6.45) is 1.62. The van der Waals surface area contributed by atoms with Crippen molar-refractivity contribution in [2.75, 3.05) is 0 Å². The van der Waals surface area contributed by atoms with Crippen molar-refractivity contribution >= 4 is 22.6 Å². The third-order valence-corrected chi connectivity index (χ3v) is 2.58. The Morgan fingerprint density at radius 2 is 1.88 bits per heavy atom. The molecule has 0 saturated heterocycles. The molecule has 3 rings (SSSR count). The molecular weight excluding hydrogens is 224 g/mol. The van der Waals surface area contributed by atoms with Crippen LogP contribution in [0.5, 0.6) is 0 Å². The van der Waals surface area contributed by atoms with Crippen LogP contribution < -0.4 is 0 Å². The van der Waals surface area contributed by atoms with E-state index in [4.69, 9.17) is 11.6 Å². The molecule has 3 aromatic rings. The van der Waals surface area contributed by atoms with Crippen LogP contribution in [0, 0.1) is 0 Å². The van der Waals surface area contributed by atoms with Crippen molar-refractivity contribution < 1.29 is 0 Å². The van der Waals surface area contributed by atoms with Gasteiger partial charge in [0.25, 0.3) is 0 Å². The zero-order valence-corrected chi connectivity index (χ0v) is 8.94. The lowest BCUT2D eigenvalue weighted by Crippen LogP contribution is -1.90. The van der Waals surface area contributed by atoms with E-state index in [-0.39, 0.29) is 0 Å². The number of rotatable bonds is 1. The molecule has 0 aliphatic carbocycles. The average molecular weight is 231 g/mol. The third-order valence-electron chi connectivity index (χ3n) is 2.30. The number of H-pyrrole nitrogens is 1. The lowest BCUT2D eigenvalue weighted by molar-refractivity contribution is 1.09. The summed E-state index contributed by atoms with van der Waals surface area (Å²) in [6, 6.07) is 9.69. The highest BCUT2D eigenvalue weighted by Gasteiger charge is 2.08. The molecular formula is C11H7ClN4. The van der Waals surface area contributed by atoms with Crippen molar-refractivity contribution in [1.29, 1.82) is 0 Å². The molecule has 0 atom stereocenters. The predicted molar refractivity (Wildman–Crippen MR) is 62.1 cm³/mol. The van der Waals surface area contributed by atoms with Crippen molar-refractivity contribution in [3.8, 4) is 11.4 Å². The molecule has 0 amide bonds. The lowest BCUT2D eigenvalue weighted by atomic mass is 10.2. The SMILES string of the molecule is Clc1nc(-c2ccccc2)nc2[nH]ncc12. The van der Waals surface area contributed by atoms with Crippen molar-refractivity contribution in [3.05, 3.63) is 41.7 Å². The minimum atomic E-state index is 0.414. The Morgan fingerprint density at radius 3 is 2.69 bits per heavy atom. The molecule has 0 radical (unpaired) electrons. The van der Waals surface area contributed by atoms with E-state index in [1.165, 1.54) is 0 Å². The maximum absolute atomic E-state index is 6.04. The molecule has 1 aromatic carbocycles. The predicted octanol–water partition coefficient (Wildman–Crippen LogP) is 2.67. The molecule has 0 aliphatic heterocycles. The van der Waals surface area contributed by atoms with E-state index in [1.807, 2.05) is 30.3 Å². The topological polar surface area (TPSA) is 54.5 Å². The number of aromatic nitrogens is 4. The van der Waals surface area contributed by atoms with Gasteiger partial charge in [0.15, 0.2) is 11.5 Å². The van der Waals surface area contributed by atoms with Gasteiger partial charge in [-0.3, -0.25) is 5.10 Å². The van der Waals surface area contributed by atoms with E-state index >= 15 is 0 Å². The summed E-state index contributed by atoms with van der Waals surface area (Å²) < 4.78 is 0. The Bertz CT molecular complexity index is 633. The van der Waals surface area contributed by atoms with Crippen molar-refractivity contribution in [3.63, 3.8) is 0 Å². The number of nitrogens with one attached hydrogen (secondary N) is 1. The van der Waals surface area contributed by atoms with Gasteiger partial charge in [-0.2, -0.15) is 5.10 Å². The van der Waals surface area contributed by atoms with Gasteiger partial charge in [-0.25, -0.2) is 9.97 Å². The van der Waals surface area contributed by atoms with Gasteiger partial charge in [0.05, 0.1) is 11.6 Å². The Morgan fingerprint density at radius 1 is 1.06 bits per heavy atom. The van der Waals surface area contributed by atoms with Crippen LogP contribution in [0.3, 0.4) is 0 Å². The molecule has 0 bridgehead atoms. The minimum Gasteiger partial charge on any atom is -0.261 e. The molecule has 0 unspecified atom stereocenters. The fourth-order valence-electron chi connectivity index (χ4n) is 1.52. The van der Waals surface area contributed by atoms with E-state index in [0.717, 1.165) is 10.9 Å². The normalized spacial score (nSPS) is 10.8. The number of halogens is 1. The van der Waals surface area contributed by atoms with Crippen LogP contribution >= 0.6 is 11.6 Å². The molecule has 2 heterocycles. The molecule has 5 heteroatoms. The van der Waals surface area contributed by atoms with Crippen molar-refractivity contribution in [2.45, 2.75) is 0 Å². The Hall–Kier alpha value is -1.94. The van der Waals surface area contributed by atoms with Gasteiger partial charge in [0.1, 0.15) is 5.15 Å². The van der Waals surface area contributed by atoms with Gasteiger partial charge in [0, 0.05) is 5.56 Å². The molecule has 0 aliphatic rings. The van der Waals surface area contributed by atoms with E-state index in [1.54, 1.807) is 6.20 Å². The number of hydrogen-bond acceptors (Lipinski definition) is 3. The second-order valence-electron chi connectivity index (χ2n) is 3.34. The number of fused-ring (bicyclic) bond motifs is 1. The van der Waals surface area contributed by atoms with Crippen LogP contribution in [-0.4, -0.2) is 20.2 Å². The zero-order valence-electron chi connectivity index (χ0n) is 8.18. The Balaban J connectivity index is 2.25. The second-order valence-corrected chi connectivity index (χ2v) is 3.69. The van der Waals surface area contributed by atoms with E-state index in [9.17, 15) is 0 Å². The maximum Gasteiger partial charge on any atom is 0.163 e. The first kappa shape index (κ1) is 9.30. The van der Waals surface area contributed by atoms with Crippen LogP contribution in [-0.2, 0) is 0 Å². The molecule has 0 spiro atoms. The highest BCUT2D eigenvalue weighted by Crippen LogP contribution is 2.22. The van der Waals surface area contributed by atoms with Crippen LogP contribution in [0.4, 0.5) is 0 Å². The quantitative estimate of drug-likeness (QED) is 0.654. The third kappa shape index (κ3) is 1.44. The minimum absolute atomic E-state index is 0.414. The van der Waals surface area contributed by atoms with Gasteiger partial charge in [-0.15, -0.1) is 0 Å². The summed E-state index contributed by atoms with van der Waals surface area (Å²) in [6.45, 7) is 0. The monoisotopic (exact) mass is 230 g/mol. The first-order chi connectivity index (χ1) is 7.84. The molecule has 78 valence electrons. The summed E-state index contributed by atoms with van der Waals surface area (Å²) in [5.74, 6) is 0.599. The lowest BCUT2D eigenvalue weighted by Gasteiger charge is -2.00. The van der Waals surface area contributed by atoms with E-state index < -0.39 is 0 Å².